The number of hydrogen-bond donors (Lipinski definition) is 2. The third-order valence-corrected chi connectivity index (χ3v) is 13.2. The van der Waals surface area contributed by atoms with Gasteiger partial charge in [0.2, 0.25) is 11.8 Å². The molecule has 70 heavy (non-hydrogen) atoms. The second-order valence-electron chi connectivity index (χ2n) is 19.1. The maximum absolute atomic E-state index is 15.9. The molecule has 2 aliphatic heterocycles. The number of likely N-dealkylation sites (tertiary alicyclic amines) is 1. The minimum atomic E-state index is -1.22. The molecule has 2 N–H and O–H groups in total. The number of β-amino-alcohol motifs (C(OH)–C–C–N with tert-alkyl or cyclic N) is 1. The van der Waals surface area contributed by atoms with Gasteiger partial charge in [0.15, 0.2) is 23.0 Å². The summed E-state index contributed by atoms with van der Waals surface area (Å²) in [5.41, 5.74) is 2.81. The summed E-state index contributed by atoms with van der Waals surface area (Å²) in [4.78, 5) is 62.6. The van der Waals surface area contributed by atoms with Crippen LogP contribution in [0.25, 0.3) is 22.5 Å². The lowest BCUT2D eigenvalue weighted by Crippen LogP contribution is -2.57. The fraction of sp³-hybridized carbons (Fsp3) is 0.377. The number of benzene rings is 4. The fourth-order valence-corrected chi connectivity index (χ4v) is 9.38. The predicted octanol–water partition coefficient (Wildman–Crippen LogP) is 8.77. The van der Waals surface area contributed by atoms with Crippen LogP contribution in [0.1, 0.15) is 77.1 Å². The zero-order chi connectivity index (χ0) is 50.5. The Hall–Kier alpha value is -6.51. The van der Waals surface area contributed by atoms with Crippen LogP contribution in [0.5, 0.6) is 5.75 Å². The lowest BCUT2D eigenvalue weighted by atomic mass is 9.85. The summed E-state index contributed by atoms with van der Waals surface area (Å²) in [7, 11) is 0. The van der Waals surface area contributed by atoms with Crippen molar-refractivity contribution < 1.29 is 42.6 Å². The van der Waals surface area contributed by atoms with Gasteiger partial charge in [-0.15, -0.1) is 0 Å². The molecule has 366 valence electrons. The number of aryl methyl sites for hydroxylation is 2. The van der Waals surface area contributed by atoms with Crippen LogP contribution >= 0.6 is 23.8 Å². The number of thiocarbonyl (C=S) groups is 1. The predicted molar refractivity (Wildman–Crippen MR) is 268 cm³/mol. The monoisotopic (exact) mass is 990 g/mol. The number of halogens is 2. The molecule has 0 saturated carbocycles. The molecule has 7 rings (SSSR count). The molecule has 5 aromatic rings. The molecule has 2 saturated heterocycles. The number of nitrogens with zero attached hydrogens (tertiary/aromatic N) is 5. The number of ketones is 1. The highest BCUT2D eigenvalue weighted by Crippen LogP contribution is 2.40. The summed E-state index contributed by atoms with van der Waals surface area (Å²) in [6.45, 7) is 11.1. The molecule has 3 heterocycles. The fourth-order valence-electron chi connectivity index (χ4n) is 8.65. The van der Waals surface area contributed by atoms with Crippen LogP contribution in [0.15, 0.2) is 95.7 Å². The van der Waals surface area contributed by atoms with Crippen LogP contribution in [-0.4, -0.2) is 93.7 Å². The number of rotatable bonds is 18. The average molecular weight is 992 g/mol. The number of ether oxygens (including phenoxy) is 2. The van der Waals surface area contributed by atoms with Gasteiger partial charge >= 0.3 is 0 Å². The van der Waals surface area contributed by atoms with Crippen molar-refractivity contribution in [3.63, 3.8) is 0 Å². The van der Waals surface area contributed by atoms with Gasteiger partial charge in [-0.25, -0.2) is 9.37 Å². The van der Waals surface area contributed by atoms with E-state index in [9.17, 15) is 29.5 Å². The van der Waals surface area contributed by atoms with E-state index in [-0.39, 0.29) is 65.7 Å². The third kappa shape index (κ3) is 11.4. The molecule has 17 heteroatoms. The maximum atomic E-state index is 15.9. The van der Waals surface area contributed by atoms with Crippen molar-refractivity contribution in [2.75, 3.05) is 36.2 Å². The van der Waals surface area contributed by atoms with Crippen molar-refractivity contribution in [1.29, 1.82) is 5.26 Å². The van der Waals surface area contributed by atoms with Crippen molar-refractivity contribution >= 4 is 63.8 Å². The molecule has 2 fully saturated rings. The number of amides is 3. The van der Waals surface area contributed by atoms with Crippen molar-refractivity contribution in [1.82, 2.24) is 15.2 Å². The van der Waals surface area contributed by atoms with Crippen molar-refractivity contribution in [3.05, 3.63) is 119 Å². The molecular weight excluding hydrogens is 935 g/mol. The Labute approximate surface area is 417 Å². The zero-order valence-electron chi connectivity index (χ0n) is 40.0. The Morgan fingerprint density at radius 3 is 2.34 bits per heavy atom. The minimum absolute atomic E-state index is 0.00153. The molecule has 3 atom stereocenters. The number of nitrogens with one attached hydrogen (secondary N) is 1. The second-order valence-corrected chi connectivity index (χ2v) is 19.9. The largest absolute Gasteiger partial charge is 0.494 e. The SMILES string of the molecule is Cc1ncoc1-c1ccc(CCC(=O)[C@@H]2C[C@@H](O)CN2C(=O)[C@@H](NC(=O)COCCCCOc2ccc(-c3ccc(N4C(=S)N(c5ccc(C#N)c(Cl)c5)C(=O)C4(C)C)c(F)c3)cc2)C(C)(C)C)cc1. The van der Waals surface area contributed by atoms with Gasteiger partial charge < -0.3 is 34.1 Å². The summed E-state index contributed by atoms with van der Waals surface area (Å²) in [5.74, 6) is -0.690. The van der Waals surface area contributed by atoms with Gasteiger partial charge in [0, 0.05) is 31.6 Å². The van der Waals surface area contributed by atoms with E-state index in [4.69, 9.17) is 37.7 Å². The van der Waals surface area contributed by atoms with E-state index in [1.165, 1.54) is 39.3 Å². The van der Waals surface area contributed by atoms with Crippen LogP contribution in [0, 0.1) is 29.5 Å². The standard InChI is InChI=1S/C53H56ClFN6O8S/c1-32-47(69-31-57-32)35-12-9-33(10-13-35)11-22-45(63)44-27-39(62)29-59(44)49(65)48(52(2,3)4)58-46(64)30-67-23-7-8-24-68-40-19-15-34(16-20-40)36-17-21-43(42(55)25-36)61-51(70)60(50(66)53(61,5)6)38-18-14-37(28-56)41(54)26-38/h9-10,12-21,25-26,31,39,44,48,62H,7-8,11,22-24,27,29-30H2,1-6H3,(H,58,64)/t39-,44+,48-/m1/s1. The number of anilines is 2. The van der Waals surface area contributed by atoms with E-state index in [0.29, 0.717) is 48.6 Å². The van der Waals surface area contributed by atoms with E-state index < -0.39 is 46.8 Å². The smallest absolute Gasteiger partial charge is 0.259 e. The molecule has 14 nitrogen and oxygen atoms in total. The molecule has 4 aromatic carbocycles. The quantitative estimate of drug-likeness (QED) is 0.0631. The first-order valence-corrected chi connectivity index (χ1v) is 23.9. The Morgan fingerprint density at radius 1 is 1.01 bits per heavy atom. The lowest BCUT2D eigenvalue weighted by Gasteiger charge is -2.35. The van der Waals surface area contributed by atoms with E-state index in [2.05, 4.69) is 10.3 Å². The molecule has 0 aliphatic carbocycles. The molecule has 0 unspecified atom stereocenters. The average Bonchev–Trinajstić information content (AvgIpc) is 3.99. The van der Waals surface area contributed by atoms with Gasteiger partial charge in [-0.05, 0) is 117 Å². The first kappa shape index (κ1) is 51.3. The molecule has 3 amide bonds. The van der Waals surface area contributed by atoms with E-state index in [1.54, 1.807) is 44.2 Å². The normalized spacial score (nSPS) is 17.2. The first-order chi connectivity index (χ1) is 33.3. The van der Waals surface area contributed by atoms with Crippen LogP contribution in [0.4, 0.5) is 15.8 Å². The minimum Gasteiger partial charge on any atom is -0.494 e. The van der Waals surface area contributed by atoms with Crippen molar-refractivity contribution in [2.45, 2.75) is 97.4 Å². The van der Waals surface area contributed by atoms with Crippen molar-refractivity contribution in [3.8, 4) is 34.3 Å². The first-order valence-electron chi connectivity index (χ1n) is 23.1. The summed E-state index contributed by atoms with van der Waals surface area (Å²) in [5, 5.41) is 22.9. The number of carbonyl (C=O) groups is 4. The van der Waals surface area contributed by atoms with Crippen LogP contribution in [0.3, 0.4) is 0 Å². The van der Waals surface area contributed by atoms with Gasteiger partial charge in [0.1, 0.15) is 35.8 Å². The molecule has 0 radical (unpaired) electrons. The van der Waals surface area contributed by atoms with Gasteiger partial charge in [0.05, 0.1) is 46.4 Å². The zero-order valence-corrected chi connectivity index (χ0v) is 41.5. The number of oxazole rings is 1. The Bertz CT molecular complexity index is 2810. The summed E-state index contributed by atoms with van der Waals surface area (Å²) in [6.07, 6.45) is 2.55. The topological polar surface area (TPSA) is 179 Å². The number of Topliss-reactive ketones (excluding diaryl/α,β-unsaturated/α-hetero) is 1. The maximum Gasteiger partial charge on any atom is 0.259 e. The summed E-state index contributed by atoms with van der Waals surface area (Å²) < 4.78 is 33.0. The Balaban J connectivity index is 0.843. The van der Waals surface area contributed by atoms with Gasteiger partial charge in [0.25, 0.3) is 5.91 Å². The highest BCUT2D eigenvalue weighted by atomic mass is 35.5. The number of aliphatic hydroxyl groups excluding tert-OH is 1. The molecule has 1 aromatic heterocycles. The van der Waals surface area contributed by atoms with Gasteiger partial charge in [-0.3, -0.25) is 24.1 Å². The summed E-state index contributed by atoms with van der Waals surface area (Å²) in [6, 6.07) is 24.4. The van der Waals surface area contributed by atoms with Gasteiger partial charge in [-0.1, -0.05) is 74.8 Å². The molecular formula is C53H56ClFN6O8S. The second kappa shape index (κ2) is 21.6. The van der Waals surface area contributed by atoms with E-state index in [1.807, 2.05) is 70.2 Å². The lowest BCUT2D eigenvalue weighted by molar-refractivity contribution is -0.144. The number of aromatic nitrogens is 1. The third-order valence-electron chi connectivity index (χ3n) is 12.5. The number of nitriles is 1. The summed E-state index contributed by atoms with van der Waals surface area (Å²) >= 11 is 12.0. The van der Waals surface area contributed by atoms with Crippen molar-refractivity contribution in [2.24, 2.45) is 5.41 Å². The highest BCUT2D eigenvalue weighted by molar-refractivity contribution is 7.81. The highest BCUT2D eigenvalue weighted by Gasteiger charge is 2.51. The number of unbranched alkanes of at least 4 members (excludes halogenated alkanes) is 1. The van der Waals surface area contributed by atoms with Crippen LogP contribution in [-0.2, 0) is 30.3 Å². The van der Waals surface area contributed by atoms with Gasteiger partial charge in [-0.2, -0.15) is 5.26 Å². The van der Waals surface area contributed by atoms with E-state index in [0.717, 1.165) is 22.4 Å². The number of carbonyl (C=O) groups excluding carboxylic acids is 4. The molecule has 0 spiro atoms. The number of hydrogen-bond acceptors (Lipinski definition) is 11. The molecule has 2 aliphatic rings. The van der Waals surface area contributed by atoms with E-state index >= 15 is 4.39 Å². The molecule has 0 bridgehead atoms. The van der Waals surface area contributed by atoms with Crippen LogP contribution < -0.4 is 19.9 Å². The Morgan fingerprint density at radius 2 is 1.70 bits per heavy atom. The Kier molecular flexibility index (Phi) is 15.9. The van der Waals surface area contributed by atoms with Crippen LogP contribution in [0.2, 0.25) is 5.02 Å². The number of aliphatic hydroxyl groups is 1.